The maximum atomic E-state index is 12.2. The number of ether oxygens (including phenoxy) is 1. The second-order valence-corrected chi connectivity index (χ2v) is 2.39. The minimum Gasteiger partial charge on any atom is -0.480 e. The van der Waals surface area contributed by atoms with Gasteiger partial charge < -0.3 is 10.5 Å². The smallest absolute Gasteiger partial charge is 0.437 e. The Bertz CT molecular complexity index is 318. The van der Waals surface area contributed by atoms with Crippen molar-refractivity contribution in [2.75, 3.05) is 12.8 Å². The summed E-state index contributed by atoms with van der Waals surface area (Å²) in [6.07, 6.45) is -4.54. The lowest BCUT2D eigenvalue weighted by Crippen LogP contribution is -2.09. The number of methoxy groups -OCH3 is 1. The molecule has 0 aromatic carbocycles. The first kappa shape index (κ1) is 9.69. The molecule has 0 atom stereocenters. The van der Waals surface area contributed by atoms with Crippen molar-refractivity contribution in [3.05, 3.63) is 5.69 Å². The lowest BCUT2D eigenvalue weighted by molar-refractivity contribution is -0.140. The van der Waals surface area contributed by atoms with Gasteiger partial charge in [-0.3, -0.25) is 0 Å². The quantitative estimate of drug-likeness (QED) is 0.728. The van der Waals surface area contributed by atoms with Gasteiger partial charge in [0.25, 0.3) is 0 Å². The van der Waals surface area contributed by atoms with E-state index >= 15 is 0 Å². The van der Waals surface area contributed by atoms with E-state index in [0.717, 1.165) is 4.68 Å². The van der Waals surface area contributed by atoms with Gasteiger partial charge in [0.15, 0.2) is 5.69 Å². The van der Waals surface area contributed by atoms with Crippen molar-refractivity contribution in [1.82, 2.24) is 9.78 Å². The van der Waals surface area contributed by atoms with E-state index in [1.807, 2.05) is 0 Å². The molecule has 0 aliphatic heterocycles. The van der Waals surface area contributed by atoms with E-state index in [1.165, 1.54) is 14.2 Å². The number of alkyl halides is 3. The Balaban J connectivity index is 3.26. The molecule has 74 valence electrons. The van der Waals surface area contributed by atoms with Crippen molar-refractivity contribution in [1.29, 1.82) is 0 Å². The average molecular weight is 195 g/mol. The number of nitrogen functional groups attached to an aromatic ring is 1. The monoisotopic (exact) mass is 195 g/mol. The van der Waals surface area contributed by atoms with E-state index in [-0.39, 0.29) is 5.88 Å². The number of hydrogen-bond donors (Lipinski definition) is 1. The van der Waals surface area contributed by atoms with Crippen molar-refractivity contribution in [2.24, 2.45) is 7.05 Å². The topological polar surface area (TPSA) is 53.1 Å². The Morgan fingerprint density at radius 1 is 1.46 bits per heavy atom. The molecule has 7 heteroatoms. The van der Waals surface area contributed by atoms with Crippen molar-refractivity contribution < 1.29 is 17.9 Å². The van der Waals surface area contributed by atoms with Gasteiger partial charge in [-0.25, -0.2) is 4.68 Å². The fraction of sp³-hybridized carbons (Fsp3) is 0.500. The second-order valence-electron chi connectivity index (χ2n) is 2.39. The van der Waals surface area contributed by atoms with Crippen LogP contribution >= 0.6 is 0 Å². The highest BCUT2D eigenvalue weighted by Crippen LogP contribution is 2.36. The Kier molecular flexibility index (Phi) is 2.10. The van der Waals surface area contributed by atoms with E-state index in [2.05, 4.69) is 9.84 Å². The molecule has 0 amide bonds. The van der Waals surface area contributed by atoms with Gasteiger partial charge in [-0.1, -0.05) is 0 Å². The molecule has 0 radical (unpaired) electrons. The van der Waals surface area contributed by atoms with Gasteiger partial charge in [0.05, 0.1) is 7.11 Å². The molecule has 1 heterocycles. The SMILES string of the molecule is COc1c(N)c(C(F)(F)F)nn1C. The minimum absolute atomic E-state index is 0.0904. The second kappa shape index (κ2) is 2.82. The van der Waals surface area contributed by atoms with Gasteiger partial charge in [0.1, 0.15) is 5.69 Å². The molecule has 0 saturated carbocycles. The van der Waals surface area contributed by atoms with E-state index in [1.54, 1.807) is 0 Å². The third-order valence-corrected chi connectivity index (χ3v) is 1.49. The van der Waals surface area contributed by atoms with Gasteiger partial charge >= 0.3 is 6.18 Å². The van der Waals surface area contributed by atoms with Crippen molar-refractivity contribution in [3.8, 4) is 5.88 Å². The fourth-order valence-electron chi connectivity index (χ4n) is 0.976. The van der Waals surface area contributed by atoms with Gasteiger partial charge in [0, 0.05) is 7.05 Å². The summed E-state index contributed by atoms with van der Waals surface area (Å²) in [5.41, 5.74) is 3.57. The van der Waals surface area contributed by atoms with E-state index < -0.39 is 17.6 Å². The predicted octanol–water partition coefficient (Wildman–Crippen LogP) is 1.03. The van der Waals surface area contributed by atoms with Crippen LogP contribution in [-0.2, 0) is 13.2 Å². The van der Waals surface area contributed by atoms with Crippen LogP contribution < -0.4 is 10.5 Å². The zero-order chi connectivity index (χ0) is 10.2. The van der Waals surface area contributed by atoms with Crippen LogP contribution in [0.15, 0.2) is 0 Å². The van der Waals surface area contributed by atoms with Crippen LogP contribution in [0.1, 0.15) is 5.69 Å². The van der Waals surface area contributed by atoms with Crippen LogP contribution in [0.4, 0.5) is 18.9 Å². The number of halogens is 3. The van der Waals surface area contributed by atoms with Crippen LogP contribution in [0.25, 0.3) is 0 Å². The Hall–Kier alpha value is -1.40. The summed E-state index contributed by atoms with van der Waals surface area (Å²) in [7, 11) is 2.55. The van der Waals surface area contributed by atoms with Crippen LogP contribution in [0.3, 0.4) is 0 Å². The van der Waals surface area contributed by atoms with Crippen LogP contribution in [0.2, 0.25) is 0 Å². The summed E-state index contributed by atoms with van der Waals surface area (Å²) < 4.78 is 42.1. The van der Waals surface area contributed by atoms with Gasteiger partial charge in [0.2, 0.25) is 5.88 Å². The molecule has 0 saturated heterocycles. The van der Waals surface area contributed by atoms with Crippen LogP contribution in [-0.4, -0.2) is 16.9 Å². The molecule has 0 spiro atoms. The Morgan fingerprint density at radius 3 is 2.23 bits per heavy atom. The average Bonchev–Trinajstić information content (AvgIpc) is 2.25. The third kappa shape index (κ3) is 1.53. The summed E-state index contributed by atoms with van der Waals surface area (Å²) in [6, 6.07) is 0. The molecular formula is C6H8F3N3O. The summed E-state index contributed by atoms with van der Waals surface area (Å²) in [5, 5.41) is 3.19. The molecule has 0 fully saturated rings. The molecule has 1 rings (SSSR count). The first-order valence-corrected chi connectivity index (χ1v) is 3.31. The van der Waals surface area contributed by atoms with Gasteiger partial charge in [-0.2, -0.15) is 18.3 Å². The van der Waals surface area contributed by atoms with Crippen LogP contribution in [0.5, 0.6) is 5.88 Å². The zero-order valence-electron chi connectivity index (χ0n) is 7.01. The number of nitrogens with zero attached hydrogens (tertiary/aromatic N) is 2. The first-order valence-electron chi connectivity index (χ1n) is 3.31. The first-order chi connectivity index (χ1) is 5.88. The Labute approximate surface area is 72.1 Å². The minimum atomic E-state index is -4.54. The van der Waals surface area contributed by atoms with E-state index in [0.29, 0.717) is 0 Å². The highest BCUT2D eigenvalue weighted by molar-refractivity contribution is 5.54. The Morgan fingerprint density at radius 2 is 2.00 bits per heavy atom. The van der Waals surface area contributed by atoms with Crippen molar-refractivity contribution in [2.45, 2.75) is 6.18 Å². The molecule has 0 aliphatic carbocycles. The maximum absolute atomic E-state index is 12.2. The lowest BCUT2D eigenvalue weighted by atomic mass is 10.3. The highest BCUT2D eigenvalue weighted by Gasteiger charge is 2.38. The number of aromatic nitrogens is 2. The number of aryl methyl sites for hydroxylation is 1. The van der Waals surface area contributed by atoms with E-state index in [4.69, 9.17) is 5.73 Å². The molecule has 0 aliphatic rings. The number of anilines is 1. The van der Waals surface area contributed by atoms with Crippen LogP contribution in [0, 0.1) is 0 Å². The summed E-state index contributed by atoms with van der Waals surface area (Å²) >= 11 is 0. The molecular weight excluding hydrogens is 187 g/mol. The highest BCUT2D eigenvalue weighted by atomic mass is 19.4. The zero-order valence-corrected chi connectivity index (χ0v) is 7.01. The van der Waals surface area contributed by atoms with Crippen molar-refractivity contribution >= 4 is 5.69 Å². The number of rotatable bonds is 1. The fourth-order valence-corrected chi connectivity index (χ4v) is 0.976. The largest absolute Gasteiger partial charge is 0.480 e. The molecule has 1 aromatic heterocycles. The molecule has 13 heavy (non-hydrogen) atoms. The van der Waals surface area contributed by atoms with Crippen molar-refractivity contribution in [3.63, 3.8) is 0 Å². The normalized spacial score (nSPS) is 11.8. The standard InChI is InChI=1S/C6H8F3N3O/c1-12-5(13-2)3(10)4(11-12)6(7,8)9/h10H2,1-2H3. The molecule has 1 aromatic rings. The summed E-state index contributed by atoms with van der Waals surface area (Å²) in [4.78, 5) is 0. The molecule has 2 N–H and O–H groups in total. The predicted molar refractivity (Wildman–Crippen MR) is 39.2 cm³/mol. The van der Waals surface area contributed by atoms with Gasteiger partial charge in [-0.05, 0) is 0 Å². The van der Waals surface area contributed by atoms with E-state index in [9.17, 15) is 13.2 Å². The third-order valence-electron chi connectivity index (χ3n) is 1.49. The molecule has 0 unspecified atom stereocenters. The molecule has 4 nitrogen and oxygen atoms in total. The summed E-state index contributed by atoms with van der Waals surface area (Å²) in [6.45, 7) is 0. The maximum Gasteiger partial charge on any atom is 0.437 e. The lowest BCUT2D eigenvalue weighted by Gasteiger charge is -2.02. The number of hydrogen-bond acceptors (Lipinski definition) is 3. The number of nitrogens with two attached hydrogens (primary N) is 1. The van der Waals surface area contributed by atoms with Gasteiger partial charge in [-0.15, -0.1) is 0 Å². The summed E-state index contributed by atoms with van der Waals surface area (Å²) in [5.74, 6) is -0.0904. The molecule has 0 bridgehead atoms.